The fourth-order valence-corrected chi connectivity index (χ4v) is 0. The third-order valence-electron chi connectivity index (χ3n) is 0. The number of carboxylic acids is 1. The molecule has 8 heteroatoms. The Morgan fingerprint density at radius 2 is 1.10 bits per heavy atom. The van der Waals surface area contributed by atoms with E-state index >= 15 is 0 Å². The zero-order valence-electron chi connectivity index (χ0n) is 4.76. The number of hydrogen-bond donors (Lipinski definition) is 1. The molecule has 6 nitrogen and oxygen atoms in total. The summed E-state index contributed by atoms with van der Waals surface area (Å²) in [6, 6.07) is 0. The minimum absolute atomic E-state index is 0. The van der Waals surface area contributed by atoms with Gasteiger partial charge in [0.1, 0.15) is 0 Å². The SMILES string of the molecule is Br.CC(=O)O.O.O.O.O.[NaH]. The predicted octanol–water partition coefficient (Wildman–Crippen LogP) is -3.28. The van der Waals surface area contributed by atoms with Gasteiger partial charge < -0.3 is 27.0 Å². The normalized spacial score (nSPS) is 2.50. The molecule has 0 unspecified atom stereocenters. The molecule has 0 aromatic carbocycles. The second kappa shape index (κ2) is 52.7. The molecule has 0 aromatic rings. The van der Waals surface area contributed by atoms with Gasteiger partial charge in [0.05, 0.1) is 0 Å². The molecule has 0 aromatic heterocycles. The number of hydrogen-bond acceptors (Lipinski definition) is 1. The van der Waals surface area contributed by atoms with E-state index in [-0.39, 0.29) is 68.4 Å². The Morgan fingerprint density at radius 3 is 1.10 bits per heavy atom. The Morgan fingerprint density at radius 1 is 1.10 bits per heavy atom. The van der Waals surface area contributed by atoms with Gasteiger partial charge in [-0.2, -0.15) is 0 Å². The van der Waals surface area contributed by atoms with Crippen molar-refractivity contribution in [2.75, 3.05) is 0 Å². The van der Waals surface area contributed by atoms with Crippen molar-refractivity contribution in [2.45, 2.75) is 6.92 Å². The van der Waals surface area contributed by atoms with E-state index < -0.39 is 5.97 Å². The Bertz CT molecular complexity index is 38.7. The Kier molecular flexibility index (Phi) is 379. The first kappa shape index (κ1) is 72.0. The summed E-state index contributed by atoms with van der Waals surface area (Å²) in [6.07, 6.45) is 0. The molecule has 0 aliphatic rings. The molecule has 9 N–H and O–H groups in total. The van der Waals surface area contributed by atoms with Crippen molar-refractivity contribution in [3.8, 4) is 0 Å². The summed E-state index contributed by atoms with van der Waals surface area (Å²) in [6.45, 7) is 1.08. The minimum atomic E-state index is -0.833. The van der Waals surface area contributed by atoms with Gasteiger partial charge in [-0.15, -0.1) is 17.0 Å². The van der Waals surface area contributed by atoms with Gasteiger partial charge in [0.15, 0.2) is 0 Å². The summed E-state index contributed by atoms with van der Waals surface area (Å²) in [7, 11) is 0. The van der Waals surface area contributed by atoms with E-state index in [4.69, 9.17) is 9.90 Å². The first-order valence-corrected chi connectivity index (χ1v) is 0.928. The molecule has 0 saturated carbocycles. The van der Waals surface area contributed by atoms with E-state index in [0.717, 1.165) is 6.92 Å². The van der Waals surface area contributed by atoms with Gasteiger partial charge in [-0.25, -0.2) is 0 Å². The van der Waals surface area contributed by atoms with E-state index in [2.05, 4.69) is 0 Å². The van der Waals surface area contributed by atoms with E-state index in [1.807, 2.05) is 0 Å². The third-order valence-corrected chi connectivity index (χ3v) is 0. The molecule has 0 atom stereocenters. The summed E-state index contributed by atoms with van der Waals surface area (Å²) in [5.74, 6) is -0.833. The van der Waals surface area contributed by atoms with Crippen LogP contribution in [0.15, 0.2) is 0 Å². The summed E-state index contributed by atoms with van der Waals surface area (Å²) >= 11 is 0. The van der Waals surface area contributed by atoms with E-state index in [1.54, 1.807) is 0 Å². The van der Waals surface area contributed by atoms with E-state index in [9.17, 15) is 0 Å². The molecule has 0 aliphatic carbocycles. The molecule has 0 saturated heterocycles. The van der Waals surface area contributed by atoms with Crippen molar-refractivity contribution < 1.29 is 31.8 Å². The van der Waals surface area contributed by atoms with Gasteiger partial charge in [0, 0.05) is 6.92 Å². The molecule has 0 radical (unpaired) electrons. The second-order valence-electron chi connectivity index (χ2n) is 0.519. The number of rotatable bonds is 0. The fourth-order valence-electron chi connectivity index (χ4n) is 0. The number of carbonyl (C=O) groups is 1. The zero-order valence-corrected chi connectivity index (χ0v) is 6.48. The quantitative estimate of drug-likeness (QED) is 0.437. The van der Waals surface area contributed by atoms with Gasteiger partial charge in [0.2, 0.25) is 0 Å². The van der Waals surface area contributed by atoms with Crippen molar-refractivity contribution in [3.05, 3.63) is 0 Å². The molecule has 10 heavy (non-hydrogen) atoms. The third kappa shape index (κ3) is 855. The maximum atomic E-state index is 9.00. The summed E-state index contributed by atoms with van der Waals surface area (Å²) < 4.78 is 0. The van der Waals surface area contributed by atoms with Crippen molar-refractivity contribution in [1.29, 1.82) is 0 Å². The fraction of sp³-hybridized carbons (Fsp3) is 0.500. The first-order chi connectivity index (χ1) is 1.73. The van der Waals surface area contributed by atoms with Crippen LogP contribution < -0.4 is 0 Å². The monoisotopic (exact) mass is 236 g/mol. The van der Waals surface area contributed by atoms with Gasteiger partial charge >= 0.3 is 29.6 Å². The summed E-state index contributed by atoms with van der Waals surface area (Å²) in [5.41, 5.74) is 0. The van der Waals surface area contributed by atoms with Crippen LogP contribution in [0, 0.1) is 0 Å². The summed E-state index contributed by atoms with van der Waals surface area (Å²) in [5, 5.41) is 7.42. The van der Waals surface area contributed by atoms with Gasteiger partial charge in [-0.3, -0.25) is 4.79 Å². The maximum absolute atomic E-state index is 9.00. The molecular weight excluding hydrogens is 223 g/mol. The topological polar surface area (TPSA) is 163 Å². The van der Waals surface area contributed by atoms with Crippen molar-refractivity contribution in [1.82, 2.24) is 0 Å². The molecule has 0 spiro atoms. The van der Waals surface area contributed by atoms with Crippen LogP contribution >= 0.6 is 17.0 Å². The van der Waals surface area contributed by atoms with Crippen LogP contribution in [0.2, 0.25) is 0 Å². The van der Waals surface area contributed by atoms with Gasteiger partial charge in [-0.05, 0) is 0 Å². The van der Waals surface area contributed by atoms with Crippen LogP contribution in [0.1, 0.15) is 6.92 Å². The molecule has 0 rings (SSSR count). The molecule has 0 bridgehead atoms. The summed E-state index contributed by atoms with van der Waals surface area (Å²) in [4.78, 5) is 9.00. The second-order valence-corrected chi connectivity index (χ2v) is 0.519. The molecular formula is C2H14BrNaO6. The number of carboxylic acid groups (broad SMARTS) is 1. The van der Waals surface area contributed by atoms with Crippen molar-refractivity contribution in [3.63, 3.8) is 0 Å². The molecule has 0 fully saturated rings. The van der Waals surface area contributed by atoms with Crippen LogP contribution in [0.3, 0.4) is 0 Å². The van der Waals surface area contributed by atoms with Crippen LogP contribution in [-0.4, -0.2) is 62.5 Å². The van der Waals surface area contributed by atoms with Gasteiger partial charge in [0.25, 0.3) is 5.97 Å². The average Bonchev–Trinajstić information content (AvgIpc) is 0.811. The standard InChI is InChI=1S/C2H4O2.BrH.Na.4H2O.H/c1-2(3)4;;;;;;;/h1H3,(H,3,4);1H;;4*1H2;. The number of halogens is 1. The van der Waals surface area contributed by atoms with Gasteiger partial charge in [-0.1, -0.05) is 0 Å². The molecule has 0 amide bonds. The van der Waals surface area contributed by atoms with Crippen LogP contribution in [-0.2, 0) is 4.79 Å². The van der Waals surface area contributed by atoms with Crippen LogP contribution in [0.4, 0.5) is 0 Å². The average molecular weight is 237 g/mol. The zero-order chi connectivity index (χ0) is 3.58. The van der Waals surface area contributed by atoms with Crippen LogP contribution in [0.25, 0.3) is 0 Å². The molecule has 0 heterocycles. The Labute approximate surface area is 90.9 Å². The first-order valence-electron chi connectivity index (χ1n) is 0.928. The van der Waals surface area contributed by atoms with Crippen LogP contribution in [0.5, 0.6) is 0 Å². The van der Waals surface area contributed by atoms with Crippen molar-refractivity contribution in [2.24, 2.45) is 0 Å². The predicted molar refractivity (Wildman–Crippen MR) is 45.2 cm³/mol. The Hall–Kier alpha value is 0.790. The molecule has 0 aliphatic heterocycles. The van der Waals surface area contributed by atoms with Crippen molar-refractivity contribution >= 4 is 52.5 Å². The number of aliphatic carboxylic acids is 1. The van der Waals surface area contributed by atoms with E-state index in [0.29, 0.717) is 0 Å². The van der Waals surface area contributed by atoms with E-state index in [1.165, 1.54) is 0 Å². The Balaban J connectivity index is -0.00000000300. The molecule has 66 valence electrons.